The molecule has 2 rings (SSSR count). The van der Waals surface area contributed by atoms with E-state index in [1.807, 2.05) is 13.1 Å². The fourth-order valence-corrected chi connectivity index (χ4v) is 1.63. The van der Waals surface area contributed by atoms with Gasteiger partial charge in [0.05, 0.1) is 5.69 Å². The van der Waals surface area contributed by atoms with E-state index in [4.69, 9.17) is 4.74 Å². The van der Waals surface area contributed by atoms with E-state index >= 15 is 0 Å². The Kier molecular flexibility index (Phi) is 3.06. The van der Waals surface area contributed by atoms with Crippen LogP contribution in [0.3, 0.4) is 0 Å². The minimum Gasteiger partial charge on any atom is -0.370 e. The van der Waals surface area contributed by atoms with Crippen molar-refractivity contribution in [1.82, 2.24) is 15.3 Å². The van der Waals surface area contributed by atoms with Gasteiger partial charge in [-0.25, -0.2) is 9.97 Å². The highest BCUT2D eigenvalue weighted by atomic mass is 16.5. The molecule has 14 heavy (non-hydrogen) atoms. The van der Waals surface area contributed by atoms with Gasteiger partial charge in [0.25, 0.3) is 0 Å². The first-order valence-corrected chi connectivity index (χ1v) is 4.98. The number of rotatable bonds is 3. The minimum absolute atomic E-state index is 0.117. The van der Waals surface area contributed by atoms with Crippen LogP contribution in [0.2, 0.25) is 0 Å². The van der Waals surface area contributed by atoms with Gasteiger partial charge >= 0.3 is 0 Å². The Morgan fingerprint density at radius 1 is 1.64 bits per heavy atom. The molecule has 1 aromatic rings. The van der Waals surface area contributed by atoms with Crippen molar-refractivity contribution in [2.24, 2.45) is 0 Å². The summed E-state index contributed by atoms with van der Waals surface area (Å²) in [6.45, 7) is 1.62. The summed E-state index contributed by atoms with van der Waals surface area (Å²) in [5.41, 5.74) is 1.02. The lowest BCUT2D eigenvalue weighted by Crippen LogP contribution is -2.10. The van der Waals surface area contributed by atoms with Gasteiger partial charge < -0.3 is 10.1 Å². The van der Waals surface area contributed by atoms with Gasteiger partial charge in [-0.1, -0.05) is 0 Å². The molecular formula is C10H15N3O. The average molecular weight is 193 g/mol. The number of nitrogens with one attached hydrogen (secondary N) is 1. The topological polar surface area (TPSA) is 47.0 Å². The first-order valence-electron chi connectivity index (χ1n) is 4.98. The molecule has 0 bridgehead atoms. The molecule has 0 spiro atoms. The van der Waals surface area contributed by atoms with Gasteiger partial charge in [-0.05, 0) is 26.0 Å². The highest BCUT2D eigenvalue weighted by Gasteiger charge is 2.20. The molecule has 1 unspecified atom stereocenters. The second kappa shape index (κ2) is 4.48. The van der Waals surface area contributed by atoms with Crippen LogP contribution in [-0.2, 0) is 11.3 Å². The first kappa shape index (κ1) is 9.55. The quantitative estimate of drug-likeness (QED) is 0.779. The molecule has 0 saturated carbocycles. The zero-order valence-corrected chi connectivity index (χ0v) is 8.36. The van der Waals surface area contributed by atoms with E-state index in [0.29, 0.717) is 0 Å². The Balaban J connectivity index is 2.12. The molecule has 1 atom stereocenters. The smallest absolute Gasteiger partial charge is 0.157 e. The first-order chi connectivity index (χ1) is 6.90. The molecule has 1 aliphatic rings. The third-order valence-corrected chi connectivity index (χ3v) is 2.31. The Bertz CT molecular complexity index is 297. The van der Waals surface area contributed by atoms with E-state index in [9.17, 15) is 0 Å². The second-order valence-corrected chi connectivity index (χ2v) is 3.44. The van der Waals surface area contributed by atoms with Gasteiger partial charge in [-0.2, -0.15) is 0 Å². The van der Waals surface area contributed by atoms with Crippen LogP contribution >= 0.6 is 0 Å². The summed E-state index contributed by atoms with van der Waals surface area (Å²) in [4.78, 5) is 8.69. The van der Waals surface area contributed by atoms with E-state index in [2.05, 4.69) is 15.3 Å². The molecule has 0 radical (unpaired) electrons. The molecule has 1 saturated heterocycles. The Morgan fingerprint density at radius 2 is 2.57 bits per heavy atom. The van der Waals surface area contributed by atoms with Gasteiger partial charge in [-0.3, -0.25) is 0 Å². The molecule has 2 heterocycles. The fraction of sp³-hybridized carbons (Fsp3) is 0.600. The normalized spacial score (nSPS) is 21.4. The second-order valence-electron chi connectivity index (χ2n) is 3.44. The van der Waals surface area contributed by atoms with Crippen LogP contribution in [-0.4, -0.2) is 23.6 Å². The van der Waals surface area contributed by atoms with Crippen LogP contribution in [0, 0.1) is 0 Å². The molecule has 0 aliphatic carbocycles. The van der Waals surface area contributed by atoms with Gasteiger partial charge in [0, 0.05) is 19.3 Å². The van der Waals surface area contributed by atoms with Crippen molar-refractivity contribution < 1.29 is 4.74 Å². The van der Waals surface area contributed by atoms with E-state index in [-0.39, 0.29) is 6.10 Å². The molecule has 1 N–H and O–H groups in total. The predicted molar refractivity (Wildman–Crippen MR) is 52.7 cm³/mol. The summed E-state index contributed by atoms with van der Waals surface area (Å²) >= 11 is 0. The maximum absolute atomic E-state index is 5.53. The summed E-state index contributed by atoms with van der Waals surface area (Å²) in [7, 11) is 1.91. The van der Waals surface area contributed by atoms with Crippen LogP contribution in [0.15, 0.2) is 12.3 Å². The number of hydrogen-bond acceptors (Lipinski definition) is 4. The van der Waals surface area contributed by atoms with Gasteiger partial charge in [0.2, 0.25) is 0 Å². The SMILES string of the molecule is CNCc1ccnc(C2CCCO2)n1. The van der Waals surface area contributed by atoms with Crippen molar-refractivity contribution in [3.8, 4) is 0 Å². The lowest BCUT2D eigenvalue weighted by Gasteiger charge is -2.08. The van der Waals surface area contributed by atoms with E-state index < -0.39 is 0 Å². The summed E-state index contributed by atoms with van der Waals surface area (Å²) in [6, 6.07) is 1.93. The molecule has 0 amide bonds. The van der Waals surface area contributed by atoms with Crippen LogP contribution in [0.25, 0.3) is 0 Å². The van der Waals surface area contributed by atoms with Gasteiger partial charge in [0.15, 0.2) is 5.82 Å². The summed E-state index contributed by atoms with van der Waals surface area (Å²) in [6.07, 6.45) is 4.08. The number of hydrogen-bond donors (Lipinski definition) is 1. The molecule has 1 aliphatic heterocycles. The van der Waals surface area contributed by atoms with E-state index in [0.717, 1.165) is 37.5 Å². The Hall–Kier alpha value is -1.00. The molecule has 4 nitrogen and oxygen atoms in total. The minimum atomic E-state index is 0.117. The van der Waals surface area contributed by atoms with Crippen molar-refractivity contribution in [2.45, 2.75) is 25.5 Å². The highest BCUT2D eigenvalue weighted by molar-refractivity contribution is 5.04. The lowest BCUT2D eigenvalue weighted by molar-refractivity contribution is 0.105. The summed E-state index contributed by atoms with van der Waals surface area (Å²) in [5, 5.41) is 3.07. The predicted octanol–water partition coefficient (Wildman–Crippen LogP) is 1.05. The lowest BCUT2D eigenvalue weighted by atomic mass is 10.2. The maximum Gasteiger partial charge on any atom is 0.157 e. The Morgan fingerprint density at radius 3 is 3.29 bits per heavy atom. The van der Waals surface area contributed by atoms with Gasteiger partial charge in [0.1, 0.15) is 6.10 Å². The van der Waals surface area contributed by atoms with Crippen molar-refractivity contribution >= 4 is 0 Å². The molecular weight excluding hydrogens is 178 g/mol. The molecule has 0 aromatic carbocycles. The largest absolute Gasteiger partial charge is 0.370 e. The molecule has 76 valence electrons. The van der Waals surface area contributed by atoms with Gasteiger partial charge in [-0.15, -0.1) is 0 Å². The zero-order valence-electron chi connectivity index (χ0n) is 8.36. The Labute approximate surface area is 83.7 Å². The number of nitrogens with zero attached hydrogens (tertiary/aromatic N) is 2. The van der Waals surface area contributed by atoms with Crippen LogP contribution < -0.4 is 5.32 Å². The van der Waals surface area contributed by atoms with Crippen LogP contribution in [0.5, 0.6) is 0 Å². The molecule has 1 aromatic heterocycles. The number of aromatic nitrogens is 2. The van der Waals surface area contributed by atoms with Crippen molar-refractivity contribution in [3.63, 3.8) is 0 Å². The summed E-state index contributed by atoms with van der Waals surface area (Å²) in [5.74, 6) is 0.829. The van der Waals surface area contributed by atoms with Crippen LogP contribution in [0.4, 0.5) is 0 Å². The van der Waals surface area contributed by atoms with Crippen molar-refractivity contribution in [1.29, 1.82) is 0 Å². The third kappa shape index (κ3) is 2.08. The number of ether oxygens (including phenoxy) is 1. The average Bonchev–Trinajstić information content (AvgIpc) is 2.71. The zero-order chi connectivity index (χ0) is 9.80. The van der Waals surface area contributed by atoms with E-state index in [1.165, 1.54) is 0 Å². The third-order valence-electron chi connectivity index (χ3n) is 2.31. The van der Waals surface area contributed by atoms with E-state index in [1.54, 1.807) is 6.20 Å². The monoisotopic (exact) mass is 193 g/mol. The standard InChI is InChI=1S/C10H15N3O/c1-11-7-8-4-5-12-10(13-8)9-3-2-6-14-9/h4-5,9,11H,2-3,6-7H2,1H3. The molecule has 4 heteroatoms. The van der Waals surface area contributed by atoms with Crippen LogP contribution in [0.1, 0.15) is 30.5 Å². The van der Waals surface area contributed by atoms with Crippen molar-refractivity contribution in [2.75, 3.05) is 13.7 Å². The maximum atomic E-state index is 5.53. The summed E-state index contributed by atoms with van der Waals surface area (Å²) < 4.78 is 5.53. The molecule has 1 fully saturated rings. The van der Waals surface area contributed by atoms with Crippen molar-refractivity contribution in [3.05, 3.63) is 23.8 Å². The fourth-order valence-electron chi connectivity index (χ4n) is 1.63. The highest BCUT2D eigenvalue weighted by Crippen LogP contribution is 2.25.